The lowest BCUT2D eigenvalue weighted by atomic mass is 10.1. The van der Waals surface area contributed by atoms with Gasteiger partial charge in [-0.25, -0.2) is 13.2 Å². The molecule has 2 nitrogen and oxygen atoms in total. The normalized spacial score (nSPS) is 11.0. The summed E-state index contributed by atoms with van der Waals surface area (Å²) in [5.41, 5.74) is 5.10. The number of halogens is 3. The van der Waals surface area contributed by atoms with Gasteiger partial charge in [-0.1, -0.05) is 0 Å². The van der Waals surface area contributed by atoms with Crippen LogP contribution in [0.1, 0.15) is 5.56 Å². The number of benzene rings is 1. The molecule has 2 N–H and O–H groups in total. The topological polar surface area (TPSA) is 29.3 Å². The van der Waals surface area contributed by atoms with Crippen LogP contribution >= 0.6 is 0 Å². The Morgan fingerprint density at radius 3 is 2.53 bits per heavy atom. The molecule has 0 aromatic heterocycles. The van der Waals surface area contributed by atoms with E-state index in [1.54, 1.807) is 0 Å². The summed E-state index contributed by atoms with van der Waals surface area (Å²) in [6.45, 7) is 0.519. The van der Waals surface area contributed by atoms with Crippen molar-refractivity contribution < 1.29 is 13.2 Å². The average molecular weight is 214 g/mol. The Balaban J connectivity index is 2.84. The van der Waals surface area contributed by atoms with Crippen molar-refractivity contribution in [2.75, 3.05) is 13.1 Å². The SMILES string of the molecule is [B]N(CCN)Cc1cc(F)cc(F)c1F. The molecule has 0 fully saturated rings. The van der Waals surface area contributed by atoms with E-state index in [0.717, 1.165) is 6.07 Å². The average Bonchev–Trinajstić information content (AvgIpc) is 2.13. The molecule has 6 heteroatoms. The zero-order valence-electron chi connectivity index (χ0n) is 8.01. The maximum absolute atomic E-state index is 13.1. The zero-order valence-corrected chi connectivity index (χ0v) is 8.01. The van der Waals surface area contributed by atoms with Crippen LogP contribution in [-0.2, 0) is 6.54 Å². The lowest BCUT2D eigenvalue weighted by Gasteiger charge is -2.16. The van der Waals surface area contributed by atoms with Crippen LogP contribution in [0.15, 0.2) is 12.1 Å². The standard InChI is InChI=1S/C9H10BF3N2/c10-15(2-1-14)5-6-3-7(11)4-8(12)9(6)13/h3-4H,1-2,5,14H2. The van der Waals surface area contributed by atoms with E-state index < -0.39 is 17.5 Å². The van der Waals surface area contributed by atoms with Gasteiger partial charge in [-0.2, -0.15) is 0 Å². The highest BCUT2D eigenvalue weighted by Gasteiger charge is 2.12. The summed E-state index contributed by atoms with van der Waals surface area (Å²) in [5.74, 6) is -3.12. The summed E-state index contributed by atoms with van der Waals surface area (Å²) in [4.78, 5) is 1.19. The molecule has 0 atom stereocenters. The molecule has 1 aromatic carbocycles. The Labute approximate surface area is 87.3 Å². The fourth-order valence-corrected chi connectivity index (χ4v) is 1.19. The molecule has 1 rings (SSSR count). The van der Waals surface area contributed by atoms with Crippen molar-refractivity contribution in [1.82, 2.24) is 4.81 Å². The monoisotopic (exact) mass is 214 g/mol. The molecule has 0 bridgehead atoms. The predicted octanol–water partition coefficient (Wildman–Crippen LogP) is 0.948. The highest BCUT2D eigenvalue weighted by Crippen LogP contribution is 2.15. The van der Waals surface area contributed by atoms with Crippen molar-refractivity contribution in [2.45, 2.75) is 6.54 Å². The van der Waals surface area contributed by atoms with Crippen LogP contribution in [0.2, 0.25) is 0 Å². The summed E-state index contributed by atoms with van der Waals surface area (Å²) in [5, 5.41) is 0. The van der Waals surface area contributed by atoms with Crippen molar-refractivity contribution in [3.63, 3.8) is 0 Å². The molecule has 0 saturated heterocycles. The van der Waals surface area contributed by atoms with Crippen LogP contribution in [0, 0.1) is 17.5 Å². The van der Waals surface area contributed by atoms with E-state index >= 15 is 0 Å². The predicted molar refractivity (Wildman–Crippen MR) is 51.5 cm³/mol. The fourth-order valence-electron chi connectivity index (χ4n) is 1.19. The molecule has 0 saturated carbocycles. The molecule has 0 spiro atoms. The first kappa shape index (κ1) is 12.1. The minimum absolute atomic E-state index is 0.0856. The second-order valence-corrected chi connectivity index (χ2v) is 3.12. The van der Waals surface area contributed by atoms with Crippen LogP contribution in [-0.4, -0.2) is 25.9 Å². The maximum atomic E-state index is 13.1. The molecule has 0 amide bonds. The Kier molecular flexibility index (Phi) is 4.17. The van der Waals surface area contributed by atoms with E-state index in [1.165, 1.54) is 4.81 Å². The Bertz CT molecular complexity index is 346. The second kappa shape index (κ2) is 5.18. The van der Waals surface area contributed by atoms with E-state index in [9.17, 15) is 13.2 Å². The largest absolute Gasteiger partial charge is 0.349 e. The maximum Gasteiger partial charge on any atom is 0.183 e. The Morgan fingerprint density at radius 2 is 1.93 bits per heavy atom. The molecule has 0 aliphatic rings. The van der Waals surface area contributed by atoms with Gasteiger partial charge >= 0.3 is 0 Å². The van der Waals surface area contributed by atoms with Crippen LogP contribution in [0.5, 0.6) is 0 Å². The van der Waals surface area contributed by atoms with Gasteiger partial charge in [0.05, 0.1) is 0 Å². The van der Waals surface area contributed by atoms with Crippen LogP contribution in [0.25, 0.3) is 0 Å². The van der Waals surface area contributed by atoms with E-state index in [1.807, 2.05) is 0 Å². The van der Waals surface area contributed by atoms with E-state index in [4.69, 9.17) is 13.7 Å². The first-order valence-corrected chi connectivity index (χ1v) is 4.37. The Hall–Kier alpha value is -1.01. The van der Waals surface area contributed by atoms with Gasteiger partial charge in [-0.15, -0.1) is 0 Å². The second-order valence-electron chi connectivity index (χ2n) is 3.12. The molecule has 15 heavy (non-hydrogen) atoms. The number of hydrogen-bond donors (Lipinski definition) is 1. The van der Waals surface area contributed by atoms with Gasteiger partial charge < -0.3 is 10.5 Å². The van der Waals surface area contributed by atoms with Gasteiger partial charge in [0, 0.05) is 24.7 Å². The molecule has 0 unspecified atom stereocenters. The van der Waals surface area contributed by atoms with Gasteiger partial charge in [0.1, 0.15) is 5.82 Å². The van der Waals surface area contributed by atoms with E-state index in [-0.39, 0.29) is 18.7 Å². The molecule has 2 radical (unpaired) electrons. The van der Waals surface area contributed by atoms with Crippen LogP contribution in [0.3, 0.4) is 0 Å². The molecule has 80 valence electrons. The molecule has 0 aliphatic heterocycles. The van der Waals surface area contributed by atoms with E-state index in [0.29, 0.717) is 12.6 Å². The summed E-state index contributed by atoms with van der Waals surface area (Å²) in [7, 11) is 5.43. The van der Waals surface area contributed by atoms with Gasteiger partial charge in [0.25, 0.3) is 0 Å². The van der Waals surface area contributed by atoms with Crippen molar-refractivity contribution >= 4 is 7.98 Å². The van der Waals surface area contributed by atoms with Gasteiger partial charge in [-0.3, -0.25) is 0 Å². The molecular formula is C9H10BF3N2. The molecule has 1 aromatic rings. The lowest BCUT2D eigenvalue weighted by Crippen LogP contribution is -2.27. The quantitative estimate of drug-likeness (QED) is 0.597. The van der Waals surface area contributed by atoms with Crippen molar-refractivity contribution in [1.29, 1.82) is 0 Å². The Morgan fingerprint density at radius 1 is 1.27 bits per heavy atom. The molecular weight excluding hydrogens is 204 g/mol. The third kappa shape index (κ3) is 3.25. The van der Waals surface area contributed by atoms with Gasteiger partial charge in [-0.05, 0) is 12.6 Å². The van der Waals surface area contributed by atoms with Crippen molar-refractivity contribution in [3.8, 4) is 0 Å². The summed E-state index contributed by atoms with van der Waals surface area (Å²) in [6, 6.07) is 1.40. The van der Waals surface area contributed by atoms with Crippen molar-refractivity contribution in [3.05, 3.63) is 35.1 Å². The molecule has 0 aliphatic carbocycles. The smallest absolute Gasteiger partial charge is 0.183 e. The number of nitrogens with zero attached hydrogens (tertiary/aromatic N) is 1. The van der Waals surface area contributed by atoms with Crippen LogP contribution in [0.4, 0.5) is 13.2 Å². The summed E-state index contributed by atoms with van der Waals surface area (Å²) < 4.78 is 38.7. The number of nitrogens with two attached hydrogens (primary N) is 1. The lowest BCUT2D eigenvalue weighted by molar-refractivity contribution is 0.426. The van der Waals surface area contributed by atoms with Gasteiger partial charge in [0.15, 0.2) is 19.6 Å². The fraction of sp³-hybridized carbons (Fsp3) is 0.333. The van der Waals surface area contributed by atoms with Crippen molar-refractivity contribution in [2.24, 2.45) is 5.73 Å². The van der Waals surface area contributed by atoms with Gasteiger partial charge in [0.2, 0.25) is 0 Å². The highest BCUT2D eigenvalue weighted by molar-refractivity contribution is 6.04. The first-order valence-electron chi connectivity index (χ1n) is 4.37. The highest BCUT2D eigenvalue weighted by atomic mass is 19.2. The number of hydrogen-bond acceptors (Lipinski definition) is 2. The molecule has 0 heterocycles. The minimum atomic E-state index is -1.22. The minimum Gasteiger partial charge on any atom is -0.349 e. The zero-order chi connectivity index (χ0) is 11.4. The first-order chi connectivity index (χ1) is 7.04. The van der Waals surface area contributed by atoms with Crippen LogP contribution < -0.4 is 5.73 Å². The summed E-state index contributed by atoms with van der Waals surface area (Å²) in [6.07, 6.45) is 0. The summed E-state index contributed by atoms with van der Waals surface area (Å²) >= 11 is 0. The number of rotatable bonds is 4. The van der Waals surface area contributed by atoms with E-state index in [2.05, 4.69) is 0 Å². The third-order valence-electron chi connectivity index (χ3n) is 1.86. The third-order valence-corrected chi connectivity index (χ3v) is 1.86.